The van der Waals surface area contributed by atoms with Crippen molar-refractivity contribution in [2.75, 3.05) is 13.2 Å². The molecular weight excluding hydrogens is 360 g/mol. The maximum atomic E-state index is 6.30. The molecule has 160 valence electrons. The zero-order valence-electron chi connectivity index (χ0n) is 17.7. The monoisotopic (exact) mass is 396 g/mol. The van der Waals surface area contributed by atoms with E-state index in [0.29, 0.717) is 13.2 Å². The summed E-state index contributed by atoms with van der Waals surface area (Å²) in [5.41, 5.74) is 0. The first kappa shape index (κ1) is 21.9. The summed E-state index contributed by atoms with van der Waals surface area (Å²) >= 11 is 0. The SMILES string of the molecule is C=CCCCO[C@H]1[C@H](OCCCC=C)[C@H]2OC(C)(C)O[C@H]2[C@@H]2OC(C)(C)O[C@H]12. The van der Waals surface area contributed by atoms with E-state index in [-0.39, 0.29) is 36.6 Å². The quantitative estimate of drug-likeness (QED) is 0.414. The summed E-state index contributed by atoms with van der Waals surface area (Å²) in [6, 6.07) is 0. The Morgan fingerprint density at radius 1 is 0.679 bits per heavy atom. The number of hydrogen-bond donors (Lipinski definition) is 0. The van der Waals surface area contributed by atoms with E-state index in [1.54, 1.807) is 0 Å². The van der Waals surface area contributed by atoms with E-state index in [1.165, 1.54) is 0 Å². The van der Waals surface area contributed by atoms with Gasteiger partial charge in [-0.1, -0.05) is 12.2 Å². The Hall–Kier alpha value is -0.760. The largest absolute Gasteiger partial charge is 0.373 e. The molecule has 1 aliphatic carbocycles. The third kappa shape index (κ3) is 4.86. The van der Waals surface area contributed by atoms with E-state index >= 15 is 0 Å². The molecule has 3 aliphatic rings. The van der Waals surface area contributed by atoms with Crippen molar-refractivity contribution in [3.05, 3.63) is 25.3 Å². The summed E-state index contributed by atoms with van der Waals surface area (Å²) in [7, 11) is 0. The minimum atomic E-state index is -0.698. The second-order valence-electron chi connectivity index (χ2n) is 8.66. The van der Waals surface area contributed by atoms with Gasteiger partial charge in [-0.2, -0.15) is 0 Å². The Balaban J connectivity index is 1.80. The fourth-order valence-electron chi connectivity index (χ4n) is 4.30. The molecule has 1 saturated carbocycles. The van der Waals surface area contributed by atoms with Crippen LogP contribution < -0.4 is 0 Å². The lowest BCUT2D eigenvalue weighted by molar-refractivity contribution is -0.206. The molecule has 2 saturated heterocycles. The van der Waals surface area contributed by atoms with Gasteiger partial charge in [0, 0.05) is 13.2 Å². The molecule has 0 unspecified atom stereocenters. The van der Waals surface area contributed by atoms with E-state index in [2.05, 4.69) is 13.2 Å². The van der Waals surface area contributed by atoms with Gasteiger partial charge in [-0.05, 0) is 53.4 Å². The zero-order chi connectivity index (χ0) is 20.4. The van der Waals surface area contributed by atoms with Crippen LogP contribution in [0.4, 0.5) is 0 Å². The molecule has 0 N–H and O–H groups in total. The van der Waals surface area contributed by atoms with Crippen LogP contribution in [0, 0.1) is 0 Å². The lowest BCUT2D eigenvalue weighted by Gasteiger charge is -2.42. The van der Waals surface area contributed by atoms with Crippen LogP contribution in [0.2, 0.25) is 0 Å². The van der Waals surface area contributed by atoms with Crippen LogP contribution in [-0.2, 0) is 28.4 Å². The third-order valence-electron chi connectivity index (χ3n) is 5.35. The molecule has 2 aliphatic heterocycles. The molecule has 0 aromatic carbocycles. The highest BCUT2D eigenvalue weighted by Gasteiger charge is 2.64. The van der Waals surface area contributed by atoms with Gasteiger partial charge in [-0.15, -0.1) is 13.2 Å². The Kier molecular flexibility index (Phi) is 7.00. The van der Waals surface area contributed by atoms with E-state index in [0.717, 1.165) is 25.7 Å². The van der Waals surface area contributed by atoms with E-state index < -0.39 is 11.6 Å². The van der Waals surface area contributed by atoms with Gasteiger partial charge >= 0.3 is 0 Å². The predicted octanol–water partition coefficient (Wildman–Crippen LogP) is 3.74. The van der Waals surface area contributed by atoms with Gasteiger partial charge in [0.15, 0.2) is 11.6 Å². The molecule has 3 rings (SSSR count). The van der Waals surface area contributed by atoms with Crippen LogP contribution in [0.3, 0.4) is 0 Å². The fourth-order valence-corrected chi connectivity index (χ4v) is 4.30. The van der Waals surface area contributed by atoms with Crippen molar-refractivity contribution in [2.45, 2.75) is 102 Å². The molecular formula is C22H36O6. The average Bonchev–Trinajstić information content (AvgIpc) is 3.11. The zero-order valence-corrected chi connectivity index (χ0v) is 17.7. The normalized spacial score (nSPS) is 38.0. The topological polar surface area (TPSA) is 55.4 Å². The first-order valence-corrected chi connectivity index (χ1v) is 10.4. The summed E-state index contributed by atoms with van der Waals surface area (Å²) in [5.74, 6) is -1.40. The molecule has 0 bridgehead atoms. The number of ether oxygens (including phenoxy) is 6. The summed E-state index contributed by atoms with van der Waals surface area (Å²) in [5, 5.41) is 0. The molecule has 0 radical (unpaired) electrons. The predicted molar refractivity (Wildman–Crippen MR) is 106 cm³/mol. The minimum absolute atomic E-state index is 0.251. The first-order chi connectivity index (χ1) is 13.3. The number of fused-ring (bicyclic) bond motifs is 3. The third-order valence-corrected chi connectivity index (χ3v) is 5.35. The second kappa shape index (κ2) is 8.94. The summed E-state index contributed by atoms with van der Waals surface area (Å²) in [6.45, 7) is 16.5. The van der Waals surface area contributed by atoms with Gasteiger partial charge in [0.1, 0.15) is 36.6 Å². The number of allylic oxidation sites excluding steroid dienone is 2. The van der Waals surface area contributed by atoms with Crippen LogP contribution in [0.5, 0.6) is 0 Å². The molecule has 6 nitrogen and oxygen atoms in total. The second-order valence-corrected chi connectivity index (χ2v) is 8.66. The lowest BCUT2D eigenvalue weighted by Crippen LogP contribution is -2.63. The number of rotatable bonds is 10. The Morgan fingerprint density at radius 3 is 1.39 bits per heavy atom. The van der Waals surface area contributed by atoms with Crippen molar-refractivity contribution in [1.82, 2.24) is 0 Å². The highest BCUT2D eigenvalue weighted by atomic mass is 16.8. The molecule has 0 aromatic rings. The molecule has 0 amide bonds. The van der Waals surface area contributed by atoms with Crippen LogP contribution in [0.25, 0.3) is 0 Å². The van der Waals surface area contributed by atoms with E-state index in [9.17, 15) is 0 Å². The highest BCUT2D eigenvalue weighted by molar-refractivity contribution is 5.09. The summed E-state index contributed by atoms with van der Waals surface area (Å²) in [6.07, 6.45) is 5.85. The first-order valence-electron chi connectivity index (χ1n) is 10.4. The van der Waals surface area contributed by atoms with E-state index in [1.807, 2.05) is 39.8 Å². The fraction of sp³-hybridized carbons (Fsp3) is 0.818. The molecule has 3 fully saturated rings. The average molecular weight is 397 g/mol. The van der Waals surface area contributed by atoms with Crippen molar-refractivity contribution in [3.8, 4) is 0 Å². The smallest absolute Gasteiger partial charge is 0.164 e. The van der Waals surface area contributed by atoms with Gasteiger partial charge in [-0.25, -0.2) is 0 Å². The van der Waals surface area contributed by atoms with Gasteiger partial charge in [0.25, 0.3) is 0 Å². The van der Waals surface area contributed by atoms with Crippen LogP contribution in [0.15, 0.2) is 25.3 Å². The Labute approximate surface area is 169 Å². The van der Waals surface area contributed by atoms with Crippen molar-refractivity contribution >= 4 is 0 Å². The Morgan fingerprint density at radius 2 is 1.04 bits per heavy atom. The maximum absolute atomic E-state index is 6.30. The standard InChI is InChI=1S/C22H36O6/c1-7-9-11-13-23-15-16(24-14-12-10-8-2)18-20(28-22(5,6)26-18)19-17(15)25-21(3,4)27-19/h7-8,15-20H,1-2,9-14H2,3-6H3/t15-,16-,17+,18+,19+,20+/m0/s1. The van der Waals surface area contributed by atoms with Crippen molar-refractivity contribution in [2.24, 2.45) is 0 Å². The molecule has 0 spiro atoms. The summed E-state index contributed by atoms with van der Waals surface area (Å²) in [4.78, 5) is 0. The van der Waals surface area contributed by atoms with E-state index in [4.69, 9.17) is 28.4 Å². The molecule has 28 heavy (non-hydrogen) atoms. The molecule has 6 heteroatoms. The van der Waals surface area contributed by atoms with Crippen molar-refractivity contribution in [1.29, 1.82) is 0 Å². The van der Waals surface area contributed by atoms with Gasteiger partial charge in [-0.3, -0.25) is 0 Å². The van der Waals surface area contributed by atoms with Crippen LogP contribution in [0.1, 0.15) is 53.4 Å². The Bertz CT molecular complexity index is 497. The van der Waals surface area contributed by atoms with Gasteiger partial charge in [0.05, 0.1) is 0 Å². The van der Waals surface area contributed by atoms with Crippen molar-refractivity contribution in [3.63, 3.8) is 0 Å². The van der Waals surface area contributed by atoms with Crippen molar-refractivity contribution < 1.29 is 28.4 Å². The van der Waals surface area contributed by atoms with Crippen LogP contribution >= 0.6 is 0 Å². The molecule has 0 aromatic heterocycles. The maximum Gasteiger partial charge on any atom is 0.164 e. The molecule has 6 atom stereocenters. The highest BCUT2D eigenvalue weighted by Crippen LogP contribution is 2.46. The van der Waals surface area contributed by atoms with Crippen LogP contribution in [-0.4, -0.2) is 61.4 Å². The number of hydrogen-bond acceptors (Lipinski definition) is 6. The minimum Gasteiger partial charge on any atom is -0.373 e. The number of unbranched alkanes of at least 4 members (excludes halogenated alkanes) is 2. The molecule has 2 heterocycles. The lowest BCUT2D eigenvalue weighted by atomic mass is 9.84. The van der Waals surface area contributed by atoms with Gasteiger partial charge < -0.3 is 28.4 Å². The summed E-state index contributed by atoms with van der Waals surface area (Å²) < 4.78 is 37.6. The van der Waals surface area contributed by atoms with Gasteiger partial charge in [0.2, 0.25) is 0 Å².